The van der Waals surface area contributed by atoms with Gasteiger partial charge in [-0.25, -0.2) is 4.79 Å². The Morgan fingerprint density at radius 1 is 0.805 bits per heavy atom. The number of nitrogens with one attached hydrogen (secondary N) is 5. The summed E-state index contributed by atoms with van der Waals surface area (Å²) in [5.41, 5.74) is 7.44. The van der Waals surface area contributed by atoms with Crippen LogP contribution in [0.15, 0.2) is 54.7 Å². The van der Waals surface area contributed by atoms with Crippen molar-refractivity contribution in [3.63, 3.8) is 0 Å². The number of hydrogen-bond acceptors (Lipinski definition) is 7. The van der Waals surface area contributed by atoms with Crippen LogP contribution >= 0.6 is 0 Å². The molecule has 0 fully saturated rings. The van der Waals surface area contributed by atoms with Gasteiger partial charge in [0.25, 0.3) is 0 Å². The van der Waals surface area contributed by atoms with Gasteiger partial charge in [0.05, 0.1) is 6.54 Å². The highest BCUT2D eigenvalue weighted by Gasteiger charge is 2.29. The zero-order chi connectivity index (χ0) is 30.1. The van der Waals surface area contributed by atoms with Gasteiger partial charge in [-0.2, -0.15) is 0 Å². The van der Waals surface area contributed by atoms with Gasteiger partial charge >= 0.3 is 5.97 Å². The molecule has 0 saturated carbocycles. The van der Waals surface area contributed by atoms with Crippen molar-refractivity contribution in [3.05, 3.63) is 65.9 Å². The van der Waals surface area contributed by atoms with Gasteiger partial charge in [0.1, 0.15) is 29.9 Å². The lowest BCUT2D eigenvalue weighted by atomic mass is 10.0. The molecule has 13 nitrogen and oxygen atoms in total. The topological polar surface area (TPSA) is 216 Å². The van der Waals surface area contributed by atoms with Crippen LogP contribution in [0.3, 0.4) is 0 Å². The molecule has 41 heavy (non-hydrogen) atoms. The van der Waals surface area contributed by atoms with E-state index in [0.29, 0.717) is 5.56 Å². The monoisotopic (exact) mass is 566 g/mol. The number of aliphatic carboxylic acids is 1. The Balaban J connectivity index is 1.72. The van der Waals surface area contributed by atoms with Crippen LogP contribution in [0, 0.1) is 0 Å². The number of carboxylic acid groups (broad SMARTS) is 1. The predicted octanol–water partition coefficient (Wildman–Crippen LogP) is -0.319. The van der Waals surface area contributed by atoms with E-state index in [1.54, 1.807) is 6.20 Å². The quantitative estimate of drug-likeness (QED) is 0.137. The maximum Gasteiger partial charge on any atom is 0.326 e. The second-order valence-corrected chi connectivity index (χ2v) is 9.62. The molecule has 4 unspecified atom stereocenters. The molecular formula is C28H34N6O7. The number of carbonyl (C=O) groups excluding carboxylic acids is 4. The molecule has 0 aliphatic heterocycles. The molecule has 4 amide bonds. The summed E-state index contributed by atoms with van der Waals surface area (Å²) in [5, 5.41) is 29.9. The second kappa shape index (κ2) is 13.9. The number of fused-ring (bicyclic) bond motifs is 1. The number of hydrogen-bond donors (Lipinski definition) is 8. The van der Waals surface area contributed by atoms with Gasteiger partial charge in [-0.3, -0.25) is 19.2 Å². The summed E-state index contributed by atoms with van der Waals surface area (Å²) in [6.45, 7) is 2.52. The number of amides is 4. The number of H-pyrrole nitrogens is 1. The molecular weight excluding hydrogens is 532 g/mol. The molecule has 0 aliphatic rings. The number of benzene rings is 2. The van der Waals surface area contributed by atoms with Crippen LogP contribution in [0.5, 0.6) is 5.75 Å². The van der Waals surface area contributed by atoms with E-state index in [1.165, 1.54) is 38.1 Å². The summed E-state index contributed by atoms with van der Waals surface area (Å²) in [6.07, 6.45) is 1.73. The lowest BCUT2D eigenvalue weighted by Crippen LogP contribution is -2.57. The number of para-hydroxylation sites is 1. The molecule has 4 atom stereocenters. The number of nitrogens with two attached hydrogens (primary N) is 1. The summed E-state index contributed by atoms with van der Waals surface area (Å²) >= 11 is 0. The van der Waals surface area contributed by atoms with E-state index < -0.39 is 53.8 Å². The summed E-state index contributed by atoms with van der Waals surface area (Å²) in [7, 11) is 0. The highest BCUT2D eigenvalue weighted by molar-refractivity contribution is 5.95. The minimum atomic E-state index is -1.29. The average Bonchev–Trinajstić information content (AvgIpc) is 3.35. The number of rotatable bonds is 13. The van der Waals surface area contributed by atoms with Gasteiger partial charge in [0, 0.05) is 29.9 Å². The number of phenols is 1. The van der Waals surface area contributed by atoms with E-state index in [0.717, 1.165) is 16.5 Å². The summed E-state index contributed by atoms with van der Waals surface area (Å²) in [4.78, 5) is 65.5. The SMILES string of the molecule is CC(NC(=O)CN)C(=O)NC(Cc1c[nH]c2ccccc12)C(=O)NC(C)C(=O)NC(Cc1ccc(O)cc1)C(=O)O. The molecule has 0 bridgehead atoms. The van der Waals surface area contributed by atoms with Crippen LogP contribution in [0.4, 0.5) is 0 Å². The van der Waals surface area contributed by atoms with E-state index in [1.807, 2.05) is 24.3 Å². The Morgan fingerprint density at radius 3 is 2.05 bits per heavy atom. The summed E-state index contributed by atoms with van der Waals surface area (Å²) in [6, 6.07) is 8.73. The fourth-order valence-electron chi connectivity index (χ4n) is 4.14. The molecule has 3 rings (SSSR count). The Labute approximate surface area is 235 Å². The fourth-order valence-corrected chi connectivity index (χ4v) is 4.14. The molecule has 218 valence electrons. The number of phenolic OH excluding ortho intramolecular Hbond substituents is 1. The third-order valence-electron chi connectivity index (χ3n) is 6.43. The molecule has 0 saturated heterocycles. The summed E-state index contributed by atoms with van der Waals surface area (Å²) < 4.78 is 0. The maximum absolute atomic E-state index is 13.3. The molecule has 0 spiro atoms. The van der Waals surface area contributed by atoms with Gasteiger partial charge in [-0.05, 0) is 43.2 Å². The average molecular weight is 567 g/mol. The Kier molecular flexibility index (Phi) is 10.4. The van der Waals surface area contributed by atoms with Crippen molar-refractivity contribution in [2.75, 3.05) is 6.54 Å². The number of carboxylic acids is 1. The highest BCUT2D eigenvalue weighted by Crippen LogP contribution is 2.19. The molecule has 0 radical (unpaired) electrons. The van der Waals surface area contributed by atoms with E-state index in [9.17, 15) is 34.2 Å². The molecule has 9 N–H and O–H groups in total. The normalized spacial score (nSPS) is 13.8. The Bertz CT molecular complexity index is 1400. The van der Waals surface area contributed by atoms with Crippen molar-refractivity contribution in [1.29, 1.82) is 0 Å². The van der Waals surface area contributed by atoms with Gasteiger partial charge in [0.2, 0.25) is 23.6 Å². The van der Waals surface area contributed by atoms with Crippen molar-refractivity contribution in [2.45, 2.75) is 50.9 Å². The Hall–Kier alpha value is -4.91. The zero-order valence-corrected chi connectivity index (χ0v) is 22.6. The number of carbonyl (C=O) groups is 5. The molecule has 13 heteroatoms. The minimum absolute atomic E-state index is 0.0198. The minimum Gasteiger partial charge on any atom is -0.508 e. The van der Waals surface area contributed by atoms with Gasteiger partial charge in [-0.15, -0.1) is 0 Å². The van der Waals surface area contributed by atoms with Crippen LogP contribution in [0.2, 0.25) is 0 Å². The first-order chi connectivity index (χ1) is 19.5. The van der Waals surface area contributed by atoms with Crippen LogP contribution in [-0.2, 0) is 36.8 Å². The third-order valence-corrected chi connectivity index (χ3v) is 6.43. The van der Waals surface area contributed by atoms with Crippen molar-refractivity contribution in [2.24, 2.45) is 5.73 Å². The largest absolute Gasteiger partial charge is 0.508 e. The van der Waals surface area contributed by atoms with E-state index in [4.69, 9.17) is 5.73 Å². The lowest BCUT2D eigenvalue weighted by Gasteiger charge is -2.24. The molecule has 0 aliphatic carbocycles. The Morgan fingerprint density at radius 2 is 1.41 bits per heavy atom. The first kappa shape index (κ1) is 30.6. The molecule has 1 heterocycles. The lowest BCUT2D eigenvalue weighted by molar-refractivity contribution is -0.142. The molecule has 3 aromatic rings. The van der Waals surface area contributed by atoms with Crippen LogP contribution in [-0.4, -0.2) is 75.5 Å². The van der Waals surface area contributed by atoms with Crippen molar-refractivity contribution >= 4 is 40.5 Å². The first-order valence-electron chi connectivity index (χ1n) is 12.9. The predicted molar refractivity (Wildman–Crippen MR) is 150 cm³/mol. The van der Waals surface area contributed by atoms with E-state index in [2.05, 4.69) is 26.3 Å². The third kappa shape index (κ3) is 8.54. The van der Waals surface area contributed by atoms with Crippen LogP contribution in [0.1, 0.15) is 25.0 Å². The second-order valence-electron chi connectivity index (χ2n) is 9.62. The van der Waals surface area contributed by atoms with Gasteiger partial charge < -0.3 is 42.2 Å². The summed E-state index contributed by atoms with van der Waals surface area (Å²) in [5.74, 6) is -3.87. The van der Waals surface area contributed by atoms with Crippen molar-refractivity contribution in [1.82, 2.24) is 26.3 Å². The van der Waals surface area contributed by atoms with Crippen LogP contribution < -0.4 is 27.0 Å². The number of aromatic nitrogens is 1. The van der Waals surface area contributed by atoms with E-state index in [-0.39, 0.29) is 25.1 Å². The zero-order valence-electron chi connectivity index (χ0n) is 22.6. The van der Waals surface area contributed by atoms with Gasteiger partial charge in [-0.1, -0.05) is 30.3 Å². The van der Waals surface area contributed by atoms with Crippen molar-refractivity contribution < 1.29 is 34.2 Å². The molecule has 1 aromatic heterocycles. The standard InChI is InChI=1S/C28H34N6O7/c1-15(31-24(36)13-29)25(37)33-22(12-18-14-30-21-6-4-3-5-20(18)21)27(39)32-16(2)26(38)34-23(28(40)41)11-17-7-9-19(35)10-8-17/h3-10,14-16,22-23,30,35H,11-13,29H2,1-2H3,(H,31,36)(H,32,39)(H,33,37)(H,34,38)(H,40,41). The van der Waals surface area contributed by atoms with Gasteiger partial charge in [0.15, 0.2) is 0 Å². The smallest absolute Gasteiger partial charge is 0.326 e. The number of aromatic hydroxyl groups is 1. The first-order valence-corrected chi connectivity index (χ1v) is 12.9. The fraction of sp³-hybridized carbons (Fsp3) is 0.321. The molecule has 2 aromatic carbocycles. The van der Waals surface area contributed by atoms with E-state index >= 15 is 0 Å². The number of aromatic amines is 1. The maximum atomic E-state index is 13.3. The van der Waals surface area contributed by atoms with Crippen LogP contribution in [0.25, 0.3) is 10.9 Å². The van der Waals surface area contributed by atoms with Crippen molar-refractivity contribution in [3.8, 4) is 5.75 Å². The highest BCUT2D eigenvalue weighted by atomic mass is 16.4.